The molecule has 0 aliphatic rings. The molecule has 2 atom stereocenters. The maximum atomic E-state index is 9.02. The van der Waals surface area contributed by atoms with Crippen LogP contribution >= 0.6 is 0 Å². The van der Waals surface area contributed by atoms with Crippen molar-refractivity contribution in [1.29, 1.82) is 0 Å². The first kappa shape index (κ1) is 8.92. The molecule has 2 nitrogen and oxygen atoms in total. The van der Waals surface area contributed by atoms with Crippen LogP contribution in [0.15, 0.2) is 0 Å². The lowest BCUT2D eigenvalue weighted by molar-refractivity contribution is 0.130. The van der Waals surface area contributed by atoms with Gasteiger partial charge in [0.05, 0.1) is 6.10 Å². The van der Waals surface area contributed by atoms with Crippen LogP contribution in [0.25, 0.3) is 0 Å². The van der Waals surface area contributed by atoms with Gasteiger partial charge in [0, 0.05) is 0 Å². The van der Waals surface area contributed by atoms with E-state index < -0.39 is 0 Å². The summed E-state index contributed by atoms with van der Waals surface area (Å²) in [6.07, 6.45) is 0.882. The second-order valence-electron chi connectivity index (χ2n) is 2.61. The summed E-state index contributed by atoms with van der Waals surface area (Å²) >= 11 is 0. The normalized spacial score (nSPS) is 17.3. The van der Waals surface area contributed by atoms with E-state index in [1.807, 2.05) is 14.0 Å². The Kier molecular flexibility index (Phi) is 4.72. The van der Waals surface area contributed by atoms with E-state index in [2.05, 4.69) is 12.2 Å². The summed E-state index contributed by atoms with van der Waals surface area (Å²) in [7, 11) is 1.93. The SMILES string of the molecule is CNCCC(C)C(C)O. The summed E-state index contributed by atoms with van der Waals surface area (Å²) in [5.74, 6) is 0.414. The average molecular weight is 131 g/mol. The van der Waals surface area contributed by atoms with Crippen LogP contribution in [0.2, 0.25) is 0 Å². The number of aliphatic hydroxyl groups is 1. The molecule has 0 rings (SSSR count). The predicted molar refractivity (Wildman–Crippen MR) is 39.4 cm³/mol. The summed E-state index contributed by atoms with van der Waals surface area (Å²) in [6.45, 7) is 4.88. The van der Waals surface area contributed by atoms with Gasteiger partial charge in [0.25, 0.3) is 0 Å². The molecule has 2 N–H and O–H groups in total. The number of aliphatic hydroxyl groups excluding tert-OH is 1. The van der Waals surface area contributed by atoms with Gasteiger partial charge in [-0.05, 0) is 32.9 Å². The summed E-state index contributed by atoms with van der Waals surface area (Å²) in [5, 5.41) is 12.1. The van der Waals surface area contributed by atoms with Crippen LogP contribution in [-0.4, -0.2) is 24.8 Å². The average Bonchev–Trinajstić information content (AvgIpc) is 1.82. The van der Waals surface area contributed by atoms with Crippen molar-refractivity contribution in [2.75, 3.05) is 13.6 Å². The molecule has 2 unspecified atom stereocenters. The summed E-state index contributed by atoms with van der Waals surface area (Å²) in [5.41, 5.74) is 0. The van der Waals surface area contributed by atoms with Crippen molar-refractivity contribution in [2.24, 2.45) is 5.92 Å². The molecular formula is C7H17NO. The largest absolute Gasteiger partial charge is 0.393 e. The summed E-state index contributed by atoms with van der Waals surface area (Å²) in [6, 6.07) is 0. The Morgan fingerprint density at radius 2 is 2.00 bits per heavy atom. The van der Waals surface area contributed by atoms with E-state index >= 15 is 0 Å². The smallest absolute Gasteiger partial charge is 0.0538 e. The fraction of sp³-hybridized carbons (Fsp3) is 1.00. The minimum atomic E-state index is -0.168. The molecule has 0 aromatic rings. The second-order valence-corrected chi connectivity index (χ2v) is 2.61. The molecule has 0 bridgehead atoms. The lowest BCUT2D eigenvalue weighted by Crippen LogP contribution is -2.18. The Morgan fingerprint density at radius 1 is 1.44 bits per heavy atom. The number of hydrogen-bond acceptors (Lipinski definition) is 2. The van der Waals surface area contributed by atoms with E-state index in [-0.39, 0.29) is 6.10 Å². The maximum Gasteiger partial charge on any atom is 0.0538 e. The van der Waals surface area contributed by atoms with Crippen LogP contribution < -0.4 is 5.32 Å². The van der Waals surface area contributed by atoms with E-state index in [9.17, 15) is 0 Å². The highest BCUT2D eigenvalue weighted by Crippen LogP contribution is 2.05. The third-order valence-electron chi connectivity index (χ3n) is 1.67. The highest BCUT2D eigenvalue weighted by atomic mass is 16.3. The minimum absolute atomic E-state index is 0.168. The van der Waals surface area contributed by atoms with Gasteiger partial charge >= 0.3 is 0 Å². The summed E-state index contributed by atoms with van der Waals surface area (Å²) < 4.78 is 0. The Morgan fingerprint density at radius 3 is 2.33 bits per heavy atom. The van der Waals surface area contributed by atoms with Gasteiger partial charge in [-0.1, -0.05) is 6.92 Å². The predicted octanol–water partition coefficient (Wildman–Crippen LogP) is 0.613. The van der Waals surface area contributed by atoms with E-state index in [1.165, 1.54) is 0 Å². The van der Waals surface area contributed by atoms with Gasteiger partial charge < -0.3 is 10.4 Å². The Balaban J connectivity index is 3.16. The Labute approximate surface area is 57.3 Å². The molecule has 56 valence electrons. The quantitative estimate of drug-likeness (QED) is 0.586. The zero-order valence-electron chi connectivity index (χ0n) is 6.52. The van der Waals surface area contributed by atoms with Gasteiger partial charge in [0.1, 0.15) is 0 Å². The monoisotopic (exact) mass is 131 g/mol. The van der Waals surface area contributed by atoms with Crippen LogP contribution in [-0.2, 0) is 0 Å². The molecule has 0 saturated heterocycles. The molecular weight excluding hydrogens is 114 g/mol. The second kappa shape index (κ2) is 4.77. The van der Waals surface area contributed by atoms with Gasteiger partial charge in [0.2, 0.25) is 0 Å². The van der Waals surface area contributed by atoms with Crippen LogP contribution in [0.1, 0.15) is 20.3 Å². The van der Waals surface area contributed by atoms with E-state index in [0.29, 0.717) is 5.92 Å². The van der Waals surface area contributed by atoms with Crippen molar-refractivity contribution < 1.29 is 5.11 Å². The fourth-order valence-electron chi connectivity index (χ4n) is 0.613. The summed E-state index contributed by atoms with van der Waals surface area (Å²) in [4.78, 5) is 0. The molecule has 0 aromatic carbocycles. The van der Waals surface area contributed by atoms with Crippen molar-refractivity contribution in [1.82, 2.24) is 5.32 Å². The Bertz CT molecular complexity index is 63.9. The molecule has 2 heteroatoms. The minimum Gasteiger partial charge on any atom is -0.393 e. The van der Waals surface area contributed by atoms with Gasteiger partial charge in [-0.3, -0.25) is 0 Å². The van der Waals surface area contributed by atoms with Crippen LogP contribution in [0.3, 0.4) is 0 Å². The molecule has 0 amide bonds. The highest BCUT2D eigenvalue weighted by Gasteiger charge is 2.06. The van der Waals surface area contributed by atoms with E-state index in [0.717, 1.165) is 13.0 Å². The molecule has 0 radical (unpaired) electrons. The lowest BCUT2D eigenvalue weighted by Gasteiger charge is -2.12. The van der Waals surface area contributed by atoms with Crippen molar-refractivity contribution in [3.63, 3.8) is 0 Å². The first-order chi connectivity index (χ1) is 4.18. The molecule has 0 aliphatic carbocycles. The lowest BCUT2D eigenvalue weighted by atomic mass is 10.0. The topological polar surface area (TPSA) is 32.3 Å². The van der Waals surface area contributed by atoms with Crippen LogP contribution in [0.5, 0.6) is 0 Å². The molecule has 9 heavy (non-hydrogen) atoms. The molecule has 0 fully saturated rings. The van der Waals surface area contributed by atoms with Crippen molar-refractivity contribution in [3.05, 3.63) is 0 Å². The van der Waals surface area contributed by atoms with E-state index in [1.54, 1.807) is 0 Å². The molecule has 0 saturated carbocycles. The van der Waals surface area contributed by atoms with Crippen molar-refractivity contribution in [2.45, 2.75) is 26.4 Å². The first-order valence-corrected chi connectivity index (χ1v) is 3.51. The highest BCUT2D eigenvalue weighted by molar-refractivity contribution is 4.59. The van der Waals surface area contributed by atoms with Crippen LogP contribution in [0.4, 0.5) is 0 Å². The number of nitrogens with one attached hydrogen (secondary N) is 1. The number of rotatable bonds is 4. The Hall–Kier alpha value is -0.0800. The van der Waals surface area contributed by atoms with Gasteiger partial charge in [-0.25, -0.2) is 0 Å². The van der Waals surface area contributed by atoms with Crippen molar-refractivity contribution in [3.8, 4) is 0 Å². The molecule has 0 aliphatic heterocycles. The fourth-order valence-corrected chi connectivity index (χ4v) is 0.613. The van der Waals surface area contributed by atoms with Crippen LogP contribution in [0, 0.1) is 5.92 Å². The number of hydrogen-bond donors (Lipinski definition) is 2. The van der Waals surface area contributed by atoms with E-state index in [4.69, 9.17) is 5.11 Å². The van der Waals surface area contributed by atoms with Gasteiger partial charge in [-0.2, -0.15) is 0 Å². The zero-order chi connectivity index (χ0) is 7.28. The standard InChI is InChI=1S/C7H17NO/c1-6(7(2)9)4-5-8-3/h6-9H,4-5H2,1-3H3. The maximum absolute atomic E-state index is 9.02. The van der Waals surface area contributed by atoms with Gasteiger partial charge in [-0.15, -0.1) is 0 Å². The molecule has 0 spiro atoms. The third kappa shape index (κ3) is 4.43. The molecule has 0 heterocycles. The first-order valence-electron chi connectivity index (χ1n) is 3.51. The van der Waals surface area contributed by atoms with Crippen molar-refractivity contribution >= 4 is 0 Å². The zero-order valence-corrected chi connectivity index (χ0v) is 6.52. The van der Waals surface area contributed by atoms with Gasteiger partial charge in [0.15, 0.2) is 0 Å². The molecule has 0 aromatic heterocycles. The third-order valence-corrected chi connectivity index (χ3v) is 1.67.